The molecular formula is C13H10BrN5. The fourth-order valence-corrected chi connectivity index (χ4v) is 2.13. The van der Waals surface area contributed by atoms with Crippen LogP contribution in [0.2, 0.25) is 0 Å². The van der Waals surface area contributed by atoms with Crippen LogP contribution in [0.5, 0.6) is 0 Å². The maximum Gasteiger partial charge on any atom is 0.204 e. The van der Waals surface area contributed by atoms with E-state index < -0.39 is 0 Å². The minimum atomic E-state index is 0.548. The highest BCUT2D eigenvalue weighted by atomic mass is 79.9. The summed E-state index contributed by atoms with van der Waals surface area (Å²) in [6.07, 6.45) is 3.53. The van der Waals surface area contributed by atoms with Crippen LogP contribution in [0.3, 0.4) is 0 Å². The van der Waals surface area contributed by atoms with Crippen molar-refractivity contribution < 1.29 is 0 Å². The lowest BCUT2D eigenvalue weighted by atomic mass is 10.2. The van der Waals surface area contributed by atoms with Crippen LogP contribution in [-0.2, 0) is 6.54 Å². The molecule has 19 heavy (non-hydrogen) atoms. The van der Waals surface area contributed by atoms with Crippen molar-refractivity contribution in [3.05, 3.63) is 58.8 Å². The van der Waals surface area contributed by atoms with Gasteiger partial charge in [0.25, 0.3) is 0 Å². The third kappa shape index (κ3) is 2.85. The summed E-state index contributed by atoms with van der Waals surface area (Å²) in [7, 11) is 0. The highest BCUT2D eigenvalue weighted by molar-refractivity contribution is 9.10. The van der Waals surface area contributed by atoms with Crippen LogP contribution in [0.1, 0.15) is 5.56 Å². The lowest BCUT2D eigenvalue weighted by Crippen LogP contribution is -2.04. The molecule has 2 heterocycles. The number of aromatic nitrogens is 5. The van der Waals surface area contributed by atoms with Gasteiger partial charge < -0.3 is 0 Å². The first-order valence-corrected chi connectivity index (χ1v) is 6.53. The Morgan fingerprint density at radius 3 is 2.74 bits per heavy atom. The number of pyridine rings is 1. The van der Waals surface area contributed by atoms with Crippen molar-refractivity contribution in [2.75, 3.05) is 0 Å². The van der Waals surface area contributed by atoms with Gasteiger partial charge in [-0.25, -0.2) is 0 Å². The van der Waals surface area contributed by atoms with E-state index in [2.05, 4.69) is 36.3 Å². The molecule has 0 saturated carbocycles. The van der Waals surface area contributed by atoms with Crippen LogP contribution < -0.4 is 0 Å². The van der Waals surface area contributed by atoms with Crippen LogP contribution >= 0.6 is 15.9 Å². The fourth-order valence-electron chi connectivity index (χ4n) is 1.72. The zero-order valence-electron chi connectivity index (χ0n) is 9.94. The van der Waals surface area contributed by atoms with Gasteiger partial charge in [-0.05, 0) is 32.8 Å². The van der Waals surface area contributed by atoms with Crippen LogP contribution in [0, 0.1) is 0 Å². The van der Waals surface area contributed by atoms with Gasteiger partial charge in [0.1, 0.15) is 0 Å². The molecule has 94 valence electrons. The van der Waals surface area contributed by atoms with E-state index in [1.165, 1.54) is 0 Å². The average molecular weight is 316 g/mol. The quantitative estimate of drug-likeness (QED) is 0.745. The lowest BCUT2D eigenvalue weighted by molar-refractivity contribution is 0.571. The smallest absolute Gasteiger partial charge is 0.204 e. The van der Waals surface area contributed by atoms with E-state index in [1.54, 1.807) is 17.2 Å². The number of benzene rings is 1. The monoisotopic (exact) mass is 315 g/mol. The molecule has 0 fully saturated rings. The van der Waals surface area contributed by atoms with Crippen LogP contribution in [-0.4, -0.2) is 25.2 Å². The predicted molar refractivity (Wildman–Crippen MR) is 74.3 cm³/mol. The van der Waals surface area contributed by atoms with E-state index in [4.69, 9.17) is 0 Å². The Morgan fingerprint density at radius 1 is 1.11 bits per heavy atom. The first-order valence-electron chi connectivity index (χ1n) is 5.74. The second-order valence-corrected chi connectivity index (χ2v) is 4.94. The van der Waals surface area contributed by atoms with Gasteiger partial charge in [0.2, 0.25) is 5.82 Å². The van der Waals surface area contributed by atoms with Gasteiger partial charge in [0.15, 0.2) is 0 Å². The normalized spacial score (nSPS) is 10.6. The minimum absolute atomic E-state index is 0.548. The highest BCUT2D eigenvalue weighted by Gasteiger charge is 2.05. The van der Waals surface area contributed by atoms with Crippen molar-refractivity contribution in [1.29, 1.82) is 0 Å². The first-order chi connectivity index (χ1) is 9.31. The number of rotatable bonds is 3. The van der Waals surface area contributed by atoms with Crippen molar-refractivity contribution in [2.24, 2.45) is 0 Å². The molecule has 0 spiro atoms. The lowest BCUT2D eigenvalue weighted by Gasteiger charge is -1.99. The minimum Gasteiger partial charge on any atom is -0.263 e. The summed E-state index contributed by atoms with van der Waals surface area (Å²) in [6, 6.07) is 11.8. The second-order valence-electron chi connectivity index (χ2n) is 4.02. The predicted octanol–water partition coefficient (Wildman–Crippen LogP) is 2.55. The molecule has 3 rings (SSSR count). The van der Waals surface area contributed by atoms with Crippen molar-refractivity contribution in [2.45, 2.75) is 6.54 Å². The summed E-state index contributed by atoms with van der Waals surface area (Å²) in [5.41, 5.74) is 1.98. The van der Waals surface area contributed by atoms with Gasteiger partial charge in [0.05, 0.1) is 6.54 Å². The summed E-state index contributed by atoms with van der Waals surface area (Å²) in [5, 5.41) is 12.5. The number of halogens is 1. The van der Waals surface area contributed by atoms with Crippen LogP contribution in [0.4, 0.5) is 0 Å². The van der Waals surface area contributed by atoms with E-state index in [9.17, 15) is 0 Å². The van der Waals surface area contributed by atoms with Crippen molar-refractivity contribution >= 4 is 15.9 Å². The molecular weight excluding hydrogens is 306 g/mol. The molecule has 6 heteroatoms. The molecule has 0 amide bonds. The summed E-state index contributed by atoms with van der Waals surface area (Å²) < 4.78 is 0.938. The molecule has 0 saturated heterocycles. The Labute approximate surface area is 118 Å². The van der Waals surface area contributed by atoms with E-state index in [0.29, 0.717) is 12.4 Å². The zero-order chi connectivity index (χ0) is 13.1. The molecule has 3 aromatic rings. The molecule has 0 radical (unpaired) electrons. The summed E-state index contributed by atoms with van der Waals surface area (Å²) in [5.74, 6) is 0.628. The van der Waals surface area contributed by atoms with E-state index in [-0.39, 0.29) is 0 Å². The molecule has 0 atom stereocenters. The average Bonchev–Trinajstić information content (AvgIpc) is 2.88. The highest BCUT2D eigenvalue weighted by Crippen LogP contribution is 2.13. The molecule has 2 aromatic heterocycles. The molecule has 0 bridgehead atoms. The molecule has 0 aliphatic heterocycles. The van der Waals surface area contributed by atoms with Crippen LogP contribution in [0.25, 0.3) is 11.4 Å². The van der Waals surface area contributed by atoms with Crippen molar-refractivity contribution in [1.82, 2.24) is 25.2 Å². The molecule has 0 aliphatic rings. The van der Waals surface area contributed by atoms with Crippen molar-refractivity contribution in [3.63, 3.8) is 0 Å². The Morgan fingerprint density at radius 2 is 1.95 bits per heavy atom. The first kappa shape index (κ1) is 12.0. The van der Waals surface area contributed by atoms with Gasteiger partial charge in [0, 0.05) is 22.4 Å². The van der Waals surface area contributed by atoms with Crippen LogP contribution in [0.15, 0.2) is 53.3 Å². The molecule has 0 aliphatic carbocycles. The maximum atomic E-state index is 4.36. The van der Waals surface area contributed by atoms with Gasteiger partial charge in [-0.1, -0.05) is 30.3 Å². The van der Waals surface area contributed by atoms with Gasteiger partial charge in [-0.3, -0.25) is 4.98 Å². The zero-order valence-corrected chi connectivity index (χ0v) is 11.5. The SMILES string of the molecule is Brc1cncc(Cn2nnc(-c3ccccc3)n2)c1. The third-order valence-electron chi connectivity index (χ3n) is 2.57. The standard InChI is InChI=1S/C13H10BrN5/c14-12-6-10(7-15-8-12)9-19-17-13(16-18-19)11-4-2-1-3-5-11/h1-8H,9H2. The molecule has 1 aromatic carbocycles. The number of nitrogens with zero attached hydrogens (tertiary/aromatic N) is 5. The Balaban J connectivity index is 1.82. The second kappa shape index (κ2) is 5.27. The summed E-state index contributed by atoms with van der Waals surface area (Å²) in [6.45, 7) is 0.548. The van der Waals surface area contributed by atoms with Gasteiger partial charge in [-0.2, -0.15) is 4.80 Å². The Bertz CT molecular complexity index is 680. The van der Waals surface area contributed by atoms with Gasteiger partial charge >= 0.3 is 0 Å². The Kier molecular flexibility index (Phi) is 3.33. The number of tetrazole rings is 1. The largest absolute Gasteiger partial charge is 0.263 e. The van der Waals surface area contributed by atoms with E-state index >= 15 is 0 Å². The third-order valence-corrected chi connectivity index (χ3v) is 3.00. The Hall–Kier alpha value is -2.08. The summed E-state index contributed by atoms with van der Waals surface area (Å²) in [4.78, 5) is 5.67. The van der Waals surface area contributed by atoms with E-state index in [1.807, 2.05) is 36.4 Å². The fraction of sp³-hybridized carbons (Fsp3) is 0.0769. The maximum absolute atomic E-state index is 4.36. The van der Waals surface area contributed by atoms with Crippen molar-refractivity contribution in [3.8, 4) is 11.4 Å². The topological polar surface area (TPSA) is 56.5 Å². The summed E-state index contributed by atoms with van der Waals surface area (Å²) >= 11 is 3.39. The van der Waals surface area contributed by atoms with E-state index in [0.717, 1.165) is 15.6 Å². The number of hydrogen-bond acceptors (Lipinski definition) is 4. The van der Waals surface area contributed by atoms with Gasteiger partial charge in [-0.15, -0.1) is 10.2 Å². The molecule has 5 nitrogen and oxygen atoms in total. The number of hydrogen-bond donors (Lipinski definition) is 0. The molecule has 0 unspecified atom stereocenters. The molecule has 0 N–H and O–H groups in total.